The fourth-order valence-electron chi connectivity index (χ4n) is 5.30. The Morgan fingerprint density at radius 1 is 1.00 bits per heavy atom. The van der Waals surface area contributed by atoms with Crippen molar-refractivity contribution in [2.45, 2.75) is 83.4 Å². The number of hydrogen-bond donors (Lipinski definition) is 0. The average molecular weight is 492 g/mol. The number of carbonyl (C=O) groups is 1. The van der Waals surface area contributed by atoms with Crippen LogP contribution in [0.15, 0.2) is 60.7 Å². The summed E-state index contributed by atoms with van der Waals surface area (Å²) < 4.78 is 12.7. The Labute approximate surface area is 213 Å². The van der Waals surface area contributed by atoms with Gasteiger partial charge in [-0.3, -0.25) is 4.90 Å². The maximum absolute atomic E-state index is 12.9. The molecule has 0 bridgehead atoms. The number of hydrogen-bond acceptors (Lipinski definition) is 3. The highest BCUT2D eigenvalue weighted by molar-refractivity contribution is 6.99. The average Bonchev–Trinajstić information content (AvgIpc) is 3.23. The highest BCUT2D eigenvalue weighted by Crippen LogP contribution is 2.38. The number of carbonyl (C=O) groups excluding carboxylic acids is 1. The van der Waals surface area contributed by atoms with E-state index in [4.69, 9.17) is 15.6 Å². The topological polar surface area (TPSA) is 38.8 Å². The van der Waals surface area contributed by atoms with E-state index in [0.717, 1.165) is 19.3 Å². The number of ether oxygens (including phenoxy) is 1. The van der Waals surface area contributed by atoms with Gasteiger partial charge < -0.3 is 9.16 Å². The molecule has 3 rings (SSSR count). The van der Waals surface area contributed by atoms with Crippen molar-refractivity contribution >= 4 is 24.8 Å². The second-order valence-corrected chi connectivity index (χ2v) is 15.8. The van der Waals surface area contributed by atoms with Crippen molar-refractivity contribution in [2.24, 2.45) is 0 Å². The molecule has 1 heterocycles. The zero-order valence-electron chi connectivity index (χ0n) is 22.3. The SMILES string of the molecule is C#C[C@@]1(CCCO[Si](c2ccccc2)(c2ccccc2)C(C)(C)C)CCCN1C(=O)OC(C)(C)C. The van der Waals surface area contributed by atoms with Gasteiger partial charge in [0.1, 0.15) is 11.1 Å². The van der Waals surface area contributed by atoms with Crippen molar-refractivity contribution in [3.63, 3.8) is 0 Å². The van der Waals surface area contributed by atoms with Crippen molar-refractivity contribution in [1.29, 1.82) is 0 Å². The molecule has 0 unspecified atom stereocenters. The molecule has 1 amide bonds. The van der Waals surface area contributed by atoms with Crippen LogP contribution in [0.2, 0.25) is 5.04 Å². The zero-order valence-corrected chi connectivity index (χ0v) is 23.3. The molecule has 4 nitrogen and oxygen atoms in total. The minimum atomic E-state index is -2.59. The standard InChI is InChI=1S/C30H41NO3Si/c1-8-30(21-15-23-31(30)27(32)34-28(2,3)4)22-16-24-33-35(29(5,6)7,25-17-11-9-12-18-25)26-19-13-10-14-20-26/h1,9-14,17-20H,15-16,21-24H2,2-7H3/t30-/m0/s1. The van der Waals surface area contributed by atoms with E-state index in [1.807, 2.05) is 20.8 Å². The Morgan fingerprint density at radius 3 is 2.00 bits per heavy atom. The van der Waals surface area contributed by atoms with Gasteiger partial charge in [0, 0.05) is 13.2 Å². The first-order valence-corrected chi connectivity index (χ1v) is 14.6. The number of benzene rings is 2. The lowest BCUT2D eigenvalue weighted by molar-refractivity contribution is 0.0142. The van der Waals surface area contributed by atoms with Crippen molar-refractivity contribution < 1.29 is 14.0 Å². The molecule has 2 aromatic rings. The van der Waals surface area contributed by atoms with Crippen LogP contribution in [0.5, 0.6) is 0 Å². The highest BCUT2D eigenvalue weighted by atomic mass is 28.4. The number of likely N-dealkylation sites (tertiary alicyclic amines) is 1. The molecule has 0 saturated carbocycles. The monoisotopic (exact) mass is 491 g/mol. The second kappa shape index (κ2) is 10.6. The maximum atomic E-state index is 12.9. The van der Waals surface area contributed by atoms with Gasteiger partial charge in [-0.05, 0) is 61.9 Å². The number of rotatable bonds is 7. The molecular formula is C30H41NO3Si. The minimum Gasteiger partial charge on any atom is -0.444 e. The Balaban J connectivity index is 1.83. The molecule has 0 radical (unpaired) electrons. The van der Waals surface area contributed by atoms with Crippen molar-refractivity contribution in [3.05, 3.63) is 60.7 Å². The molecule has 2 aromatic carbocycles. The van der Waals surface area contributed by atoms with Gasteiger partial charge in [0.2, 0.25) is 0 Å². The van der Waals surface area contributed by atoms with Gasteiger partial charge in [0.25, 0.3) is 8.32 Å². The van der Waals surface area contributed by atoms with E-state index in [-0.39, 0.29) is 11.1 Å². The quantitative estimate of drug-likeness (QED) is 0.281. The number of amides is 1. The van der Waals surface area contributed by atoms with Crippen LogP contribution in [-0.2, 0) is 9.16 Å². The van der Waals surface area contributed by atoms with Crippen molar-refractivity contribution in [3.8, 4) is 12.3 Å². The van der Waals surface area contributed by atoms with Crippen LogP contribution in [0.4, 0.5) is 4.79 Å². The summed E-state index contributed by atoms with van der Waals surface area (Å²) >= 11 is 0. The number of nitrogens with zero attached hydrogens (tertiary/aromatic N) is 1. The van der Waals surface area contributed by atoms with Gasteiger partial charge in [-0.25, -0.2) is 4.79 Å². The molecule has 0 spiro atoms. The van der Waals surface area contributed by atoms with Crippen LogP contribution < -0.4 is 10.4 Å². The fraction of sp³-hybridized carbons (Fsp3) is 0.500. The molecule has 1 fully saturated rings. The third kappa shape index (κ3) is 5.82. The van der Waals surface area contributed by atoms with Crippen molar-refractivity contribution in [2.75, 3.05) is 13.2 Å². The fourth-order valence-corrected chi connectivity index (χ4v) is 9.90. The van der Waals surface area contributed by atoms with Gasteiger partial charge >= 0.3 is 6.09 Å². The summed E-state index contributed by atoms with van der Waals surface area (Å²) in [7, 11) is -2.59. The third-order valence-electron chi connectivity index (χ3n) is 6.84. The number of terminal acetylenes is 1. The first-order valence-electron chi connectivity index (χ1n) is 12.7. The molecule has 1 aliphatic heterocycles. The largest absolute Gasteiger partial charge is 0.444 e. The maximum Gasteiger partial charge on any atom is 0.411 e. The second-order valence-electron chi connectivity index (χ2n) is 11.5. The van der Waals surface area contributed by atoms with E-state index in [9.17, 15) is 4.79 Å². The van der Waals surface area contributed by atoms with Gasteiger partial charge in [0.15, 0.2) is 0 Å². The summed E-state index contributed by atoms with van der Waals surface area (Å²) in [6.45, 7) is 13.7. The summed E-state index contributed by atoms with van der Waals surface area (Å²) in [5.41, 5.74) is -1.16. The Hall–Kier alpha value is -2.55. The summed E-state index contributed by atoms with van der Waals surface area (Å²) in [6.07, 6.45) is 8.88. The molecule has 1 atom stereocenters. The van der Waals surface area contributed by atoms with Gasteiger partial charge in [-0.1, -0.05) is 87.4 Å². The third-order valence-corrected chi connectivity index (χ3v) is 11.9. The summed E-state index contributed by atoms with van der Waals surface area (Å²) in [5, 5.41) is 2.46. The lowest BCUT2D eigenvalue weighted by Crippen LogP contribution is -2.66. The normalized spacial score (nSPS) is 18.8. The Kier molecular flexibility index (Phi) is 8.19. The van der Waals surface area contributed by atoms with E-state index in [2.05, 4.69) is 87.4 Å². The van der Waals surface area contributed by atoms with E-state index in [1.165, 1.54) is 10.4 Å². The predicted octanol–water partition coefficient (Wildman–Crippen LogP) is 5.75. The zero-order chi connectivity index (χ0) is 25.7. The van der Waals surface area contributed by atoms with E-state index in [0.29, 0.717) is 19.6 Å². The molecule has 1 saturated heterocycles. The lowest BCUT2D eigenvalue weighted by atomic mass is 9.91. The minimum absolute atomic E-state index is 0.0740. The van der Waals surface area contributed by atoms with Crippen LogP contribution in [0.1, 0.15) is 67.2 Å². The molecule has 1 aliphatic rings. The summed E-state index contributed by atoms with van der Waals surface area (Å²) in [4.78, 5) is 14.7. The van der Waals surface area contributed by atoms with Crippen LogP contribution in [-0.4, -0.2) is 43.6 Å². The summed E-state index contributed by atoms with van der Waals surface area (Å²) in [6, 6.07) is 21.3. The molecular weight excluding hydrogens is 450 g/mol. The van der Waals surface area contributed by atoms with Crippen LogP contribution in [0, 0.1) is 12.3 Å². The molecule has 35 heavy (non-hydrogen) atoms. The van der Waals surface area contributed by atoms with E-state index in [1.54, 1.807) is 4.90 Å². The van der Waals surface area contributed by atoms with Gasteiger partial charge in [0.05, 0.1) is 0 Å². The first kappa shape index (κ1) is 27.0. The molecule has 5 heteroatoms. The molecule has 0 aliphatic carbocycles. The van der Waals surface area contributed by atoms with E-state index >= 15 is 0 Å². The lowest BCUT2D eigenvalue weighted by Gasteiger charge is -2.43. The molecule has 0 N–H and O–H groups in total. The van der Waals surface area contributed by atoms with Crippen LogP contribution in [0.25, 0.3) is 0 Å². The highest BCUT2D eigenvalue weighted by Gasteiger charge is 2.50. The predicted molar refractivity (Wildman–Crippen MR) is 147 cm³/mol. The molecule has 0 aromatic heterocycles. The summed E-state index contributed by atoms with van der Waals surface area (Å²) in [5.74, 6) is 2.97. The smallest absolute Gasteiger partial charge is 0.411 e. The Morgan fingerprint density at radius 2 is 1.54 bits per heavy atom. The van der Waals surface area contributed by atoms with Crippen LogP contribution in [0.3, 0.4) is 0 Å². The van der Waals surface area contributed by atoms with Gasteiger partial charge in [-0.15, -0.1) is 6.42 Å². The van der Waals surface area contributed by atoms with Crippen molar-refractivity contribution in [1.82, 2.24) is 4.90 Å². The Bertz CT molecular complexity index is 978. The molecule has 188 valence electrons. The van der Waals surface area contributed by atoms with Gasteiger partial charge in [-0.2, -0.15) is 0 Å². The van der Waals surface area contributed by atoms with E-state index < -0.39 is 19.5 Å². The van der Waals surface area contributed by atoms with Crippen LogP contribution >= 0.6 is 0 Å². The first-order chi connectivity index (χ1) is 16.5.